The summed E-state index contributed by atoms with van der Waals surface area (Å²) in [5, 5.41) is -0.249. The fourth-order valence-electron chi connectivity index (χ4n) is 2.57. The molecule has 1 heterocycles. The van der Waals surface area contributed by atoms with Gasteiger partial charge < -0.3 is 0 Å². The van der Waals surface area contributed by atoms with Crippen LogP contribution >= 0.6 is 11.8 Å². The quantitative estimate of drug-likeness (QED) is 0.733. The zero-order valence-electron chi connectivity index (χ0n) is 13.8. The number of imide groups is 1. The molecule has 3 rings (SSSR count). The Hall–Kier alpha value is -2.33. The van der Waals surface area contributed by atoms with Crippen LogP contribution < -0.4 is 4.90 Å². The first-order valence-corrected chi connectivity index (χ1v) is 8.90. The number of amides is 2. The lowest BCUT2D eigenvalue weighted by molar-refractivity contribution is -0.113. The van der Waals surface area contributed by atoms with Crippen LogP contribution in [0.4, 0.5) is 10.5 Å². The average molecular weight is 337 g/mol. The molecule has 1 fully saturated rings. The minimum Gasteiger partial charge on any atom is -0.268 e. The third-order valence-electron chi connectivity index (χ3n) is 4.08. The predicted octanol–water partition coefficient (Wildman–Crippen LogP) is 5.05. The number of nitrogens with zero attached hydrogens (tertiary/aromatic N) is 1. The zero-order chi connectivity index (χ0) is 17.1. The molecule has 0 bridgehead atoms. The third-order valence-corrected chi connectivity index (χ3v) is 4.95. The van der Waals surface area contributed by atoms with Crippen molar-refractivity contribution in [2.24, 2.45) is 0 Å². The summed E-state index contributed by atoms with van der Waals surface area (Å²) in [6.07, 6.45) is 3.69. The summed E-state index contributed by atoms with van der Waals surface area (Å²) in [7, 11) is 0. The second kappa shape index (κ2) is 7.05. The largest absolute Gasteiger partial charge is 0.298 e. The van der Waals surface area contributed by atoms with Crippen LogP contribution in [0.25, 0.3) is 6.08 Å². The number of rotatable bonds is 4. The Morgan fingerprint density at radius 1 is 0.875 bits per heavy atom. The molecule has 4 heteroatoms. The van der Waals surface area contributed by atoms with Gasteiger partial charge >= 0.3 is 0 Å². The van der Waals surface area contributed by atoms with Gasteiger partial charge in [-0.2, -0.15) is 0 Å². The maximum Gasteiger partial charge on any atom is 0.298 e. The molecule has 122 valence electrons. The third kappa shape index (κ3) is 3.29. The van der Waals surface area contributed by atoms with E-state index in [1.54, 1.807) is 6.08 Å². The molecular formula is C20H19NO2S. The molecule has 2 aromatic carbocycles. The number of carbonyl (C=O) groups is 2. The van der Waals surface area contributed by atoms with Gasteiger partial charge in [-0.3, -0.25) is 9.59 Å². The summed E-state index contributed by atoms with van der Waals surface area (Å²) in [5.74, 6) is -0.256. The molecule has 3 nitrogen and oxygen atoms in total. The summed E-state index contributed by atoms with van der Waals surface area (Å²) >= 11 is 0.990. The van der Waals surface area contributed by atoms with E-state index in [0.717, 1.165) is 30.2 Å². The van der Waals surface area contributed by atoms with Crippen LogP contribution in [0.3, 0.4) is 0 Å². The molecule has 0 aromatic heterocycles. The monoisotopic (exact) mass is 337 g/mol. The SMILES string of the molecule is CCc1ccc(/C=C2\SC(=O)N(c3ccc(CC)cc3)C2=O)cc1. The van der Waals surface area contributed by atoms with Crippen molar-refractivity contribution in [1.29, 1.82) is 0 Å². The van der Waals surface area contributed by atoms with E-state index in [2.05, 4.69) is 13.8 Å². The van der Waals surface area contributed by atoms with Crippen molar-refractivity contribution < 1.29 is 9.59 Å². The number of aryl methyl sites for hydroxylation is 2. The van der Waals surface area contributed by atoms with Crippen molar-refractivity contribution in [1.82, 2.24) is 0 Å². The number of hydrogen-bond donors (Lipinski definition) is 0. The smallest absolute Gasteiger partial charge is 0.268 e. The number of benzene rings is 2. The van der Waals surface area contributed by atoms with Crippen molar-refractivity contribution in [2.75, 3.05) is 4.90 Å². The molecule has 0 N–H and O–H groups in total. The maximum atomic E-state index is 12.6. The summed E-state index contributed by atoms with van der Waals surface area (Å²) in [4.78, 5) is 26.6. The summed E-state index contributed by atoms with van der Waals surface area (Å²) < 4.78 is 0. The average Bonchev–Trinajstić information content (AvgIpc) is 2.89. The zero-order valence-corrected chi connectivity index (χ0v) is 14.6. The van der Waals surface area contributed by atoms with Crippen molar-refractivity contribution >= 4 is 34.7 Å². The Morgan fingerprint density at radius 3 is 1.96 bits per heavy atom. The highest BCUT2D eigenvalue weighted by atomic mass is 32.2. The second-order valence-electron chi connectivity index (χ2n) is 5.63. The molecule has 24 heavy (non-hydrogen) atoms. The van der Waals surface area contributed by atoms with E-state index in [1.807, 2.05) is 48.5 Å². The molecule has 2 aromatic rings. The van der Waals surface area contributed by atoms with E-state index in [1.165, 1.54) is 16.0 Å². The van der Waals surface area contributed by atoms with Gasteiger partial charge in [0.05, 0.1) is 10.6 Å². The van der Waals surface area contributed by atoms with E-state index in [-0.39, 0.29) is 11.1 Å². The number of hydrogen-bond acceptors (Lipinski definition) is 3. The molecule has 1 aliphatic heterocycles. The first-order valence-electron chi connectivity index (χ1n) is 8.08. The van der Waals surface area contributed by atoms with Gasteiger partial charge in [0.2, 0.25) is 0 Å². The fraction of sp³-hybridized carbons (Fsp3) is 0.200. The van der Waals surface area contributed by atoms with Gasteiger partial charge in [-0.05, 0) is 59.5 Å². The van der Waals surface area contributed by atoms with Crippen molar-refractivity contribution in [3.8, 4) is 0 Å². The Kier molecular flexibility index (Phi) is 4.86. The normalized spacial score (nSPS) is 16.2. The minimum absolute atomic E-state index is 0.249. The Bertz CT molecular complexity index is 791. The number of carbonyl (C=O) groups excluding carboxylic acids is 2. The van der Waals surface area contributed by atoms with Gasteiger partial charge in [-0.25, -0.2) is 4.90 Å². The highest BCUT2D eigenvalue weighted by molar-refractivity contribution is 8.19. The highest BCUT2D eigenvalue weighted by Gasteiger charge is 2.36. The molecule has 0 unspecified atom stereocenters. The van der Waals surface area contributed by atoms with Crippen LogP contribution in [-0.2, 0) is 17.6 Å². The number of thioether (sulfide) groups is 1. The van der Waals surface area contributed by atoms with Crippen molar-refractivity contribution in [2.45, 2.75) is 26.7 Å². The molecule has 0 saturated carbocycles. The van der Waals surface area contributed by atoms with Gasteiger partial charge in [0.25, 0.3) is 11.1 Å². The molecule has 0 spiro atoms. The van der Waals surface area contributed by atoms with Gasteiger partial charge in [-0.1, -0.05) is 50.2 Å². The first kappa shape index (κ1) is 16.5. The van der Waals surface area contributed by atoms with Gasteiger partial charge in [0.1, 0.15) is 0 Å². The molecule has 0 atom stereocenters. The minimum atomic E-state index is -0.256. The topological polar surface area (TPSA) is 37.4 Å². The summed E-state index contributed by atoms with van der Waals surface area (Å²) in [5.41, 5.74) is 3.98. The van der Waals surface area contributed by atoms with Gasteiger partial charge in [0.15, 0.2) is 0 Å². The van der Waals surface area contributed by atoms with Gasteiger partial charge in [0, 0.05) is 0 Å². The molecule has 0 aliphatic carbocycles. The van der Waals surface area contributed by atoms with Crippen LogP contribution in [-0.4, -0.2) is 11.1 Å². The Morgan fingerprint density at radius 2 is 1.42 bits per heavy atom. The highest BCUT2D eigenvalue weighted by Crippen LogP contribution is 2.35. The van der Waals surface area contributed by atoms with Crippen LogP contribution in [0.1, 0.15) is 30.5 Å². The predicted molar refractivity (Wildman–Crippen MR) is 100 cm³/mol. The molecule has 1 saturated heterocycles. The van der Waals surface area contributed by atoms with E-state index in [4.69, 9.17) is 0 Å². The second-order valence-corrected chi connectivity index (χ2v) is 6.63. The molecule has 1 aliphatic rings. The van der Waals surface area contributed by atoms with Crippen LogP contribution in [0, 0.1) is 0 Å². The lowest BCUT2D eigenvalue weighted by atomic mass is 10.1. The molecular weight excluding hydrogens is 318 g/mol. The van der Waals surface area contributed by atoms with Crippen molar-refractivity contribution in [3.63, 3.8) is 0 Å². The van der Waals surface area contributed by atoms with Crippen LogP contribution in [0.15, 0.2) is 53.4 Å². The maximum absolute atomic E-state index is 12.6. The summed E-state index contributed by atoms with van der Waals surface area (Å²) in [6, 6.07) is 15.6. The lowest BCUT2D eigenvalue weighted by Crippen LogP contribution is -2.27. The van der Waals surface area contributed by atoms with Crippen LogP contribution in [0.2, 0.25) is 0 Å². The lowest BCUT2D eigenvalue weighted by Gasteiger charge is -2.12. The standard InChI is InChI=1S/C20H19NO2S/c1-3-14-5-7-16(8-6-14)13-18-19(22)21(20(23)24-18)17-11-9-15(4-2)10-12-17/h5-13H,3-4H2,1-2H3/b18-13-. The first-order chi connectivity index (χ1) is 11.6. The van der Waals surface area contributed by atoms with E-state index in [9.17, 15) is 9.59 Å². The molecule has 0 radical (unpaired) electrons. The molecule has 2 amide bonds. The van der Waals surface area contributed by atoms with E-state index < -0.39 is 0 Å². The van der Waals surface area contributed by atoms with E-state index >= 15 is 0 Å². The Balaban J connectivity index is 1.85. The summed E-state index contributed by atoms with van der Waals surface area (Å²) in [6.45, 7) is 4.17. The Labute approximate surface area is 146 Å². The van der Waals surface area contributed by atoms with Gasteiger partial charge in [-0.15, -0.1) is 0 Å². The number of anilines is 1. The van der Waals surface area contributed by atoms with Crippen molar-refractivity contribution in [3.05, 3.63) is 70.1 Å². The van der Waals surface area contributed by atoms with Crippen LogP contribution in [0.5, 0.6) is 0 Å². The fourth-order valence-corrected chi connectivity index (χ4v) is 3.41. The van der Waals surface area contributed by atoms with E-state index in [0.29, 0.717) is 10.6 Å².